The topological polar surface area (TPSA) is 40.5 Å². The third kappa shape index (κ3) is 4.96. The molecule has 0 bridgehead atoms. The van der Waals surface area contributed by atoms with Crippen molar-refractivity contribution in [1.29, 1.82) is 0 Å². The molecule has 1 unspecified atom stereocenters. The molecule has 1 atom stereocenters. The Balaban J connectivity index is 2.82. The van der Waals surface area contributed by atoms with Gasteiger partial charge in [0.2, 0.25) is 5.91 Å². The fourth-order valence-electron chi connectivity index (χ4n) is 1.98. The first kappa shape index (κ1) is 16.2. The minimum absolute atomic E-state index is 0.0481. The van der Waals surface area contributed by atoms with E-state index in [2.05, 4.69) is 15.9 Å². The van der Waals surface area contributed by atoms with Crippen molar-refractivity contribution in [2.24, 2.45) is 0 Å². The van der Waals surface area contributed by atoms with Crippen LogP contribution < -0.4 is 0 Å². The lowest BCUT2D eigenvalue weighted by Crippen LogP contribution is -2.43. The van der Waals surface area contributed by atoms with E-state index in [0.717, 1.165) is 10.0 Å². The van der Waals surface area contributed by atoms with Crippen LogP contribution in [0.2, 0.25) is 0 Å². The number of nitrogens with zero attached hydrogens (tertiary/aromatic N) is 1. The highest BCUT2D eigenvalue weighted by molar-refractivity contribution is 9.10. The van der Waals surface area contributed by atoms with Crippen molar-refractivity contribution < 1.29 is 9.90 Å². The van der Waals surface area contributed by atoms with E-state index in [1.165, 1.54) is 0 Å². The highest BCUT2D eigenvalue weighted by Gasteiger charge is 2.25. The molecule has 4 heteroatoms. The van der Waals surface area contributed by atoms with Crippen molar-refractivity contribution >= 4 is 21.8 Å². The third-order valence-corrected chi connectivity index (χ3v) is 3.54. The SMILES string of the molecule is CCN(CC(C)(C)O)C(=O)C(C)c1ccc(Br)cc1. The molecule has 19 heavy (non-hydrogen) atoms. The van der Waals surface area contributed by atoms with Gasteiger partial charge in [0.15, 0.2) is 0 Å². The lowest BCUT2D eigenvalue weighted by Gasteiger charge is -2.30. The van der Waals surface area contributed by atoms with Crippen LogP contribution in [0, 0.1) is 0 Å². The zero-order chi connectivity index (χ0) is 14.6. The molecule has 0 fully saturated rings. The van der Waals surface area contributed by atoms with Crippen LogP contribution in [0.1, 0.15) is 39.2 Å². The van der Waals surface area contributed by atoms with Gasteiger partial charge in [-0.05, 0) is 45.4 Å². The maximum atomic E-state index is 12.4. The van der Waals surface area contributed by atoms with E-state index in [1.807, 2.05) is 38.1 Å². The number of halogens is 1. The van der Waals surface area contributed by atoms with E-state index in [9.17, 15) is 9.90 Å². The first-order valence-electron chi connectivity index (χ1n) is 6.51. The number of likely N-dealkylation sites (N-methyl/N-ethyl adjacent to an activating group) is 1. The Bertz CT molecular complexity index is 423. The van der Waals surface area contributed by atoms with Crippen molar-refractivity contribution in [1.82, 2.24) is 4.90 Å². The van der Waals surface area contributed by atoms with Gasteiger partial charge in [0, 0.05) is 17.6 Å². The van der Waals surface area contributed by atoms with Crippen LogP contribution in [0.5, 0.6) is 0 Å². The summed E-state index contributed by atoms with van der Waals surface area (Å²) in [5, 5.41) is 9.86. The number of carbonyl (C=O) groups is 1. The van der Waals surface area contributed by atoms with Crippen molar-refractivity contribution in [2.75, 3.05) is 13.1 Å². The number of hydrogen-bond donors (Lipinski definition) is 1. The van der Waals surface area contributed by atoms with E-state index in [0.29, 0.717) is 13.1 Å². The van der Waals surface area contributed by atoms with E-state index >= 15 is 0 Å². The normalized spacial score (nSPS) is 13.2. The van der Waals surface area contributed by atoms with Crippen LogP contribution in [0.4, 0.5) is 0 Å². The van der Waals surface area contributed by atoms with Gasteiger partial charge >= 0.3 is 0 Å². The number of amides is 1. The molecule has 3 nitrogen and oxygen atoms in total. The Morgan fingerprint density at radius 3 is 2.32 bits per heavy atom. The van der Waals surface area contributed by atoms with Gasteiger partial charge < -0.3 is 10.0 Å². The molecule has 1 rings (SSSR count). The van der Waals surface area contributed by atoms with Crippen LogP contribution >= 0.6 is 15.9 Å². The molecule has 0 aliphatic carbocycles. The Morgan fingerprint density at radius 2 is 1.89 bits per heavy atom. The Labute approximate surface area is 123 Å². The zero-order valence-electron chi connectivity index (χ0n) is 12.0. The summed E-state index contributed by atoms with van der Waals surface area (Å²) in [7, 11) is 0. The maximum absolute atomic E-state index is 12.4. The van der Waals surface area contributed by atoms with Gasteiger partial charge in [-0.1, -0.05) is 28.1 Å². The monoisotopic (exact) mass is 327 g/mol. The second-order valence-corrected chi connectivity index (χ2v) is 6.35. The summed E-state index contributed by atoms with van der Waals surface area (Å²) in [5.74, 6) is -0.151. The summed E-state index contributed by atoms with van der Waals surface area (Å²) < 4.78 is 1.000. The highest BCUT2D eigenvalue weighted by Crippen LogP contribution is 2.21. The van der Waals surface area contributed by atoms with Gasteiger partial charge in [-0.25, -0.2) is 0 Å². The molecule has 106 valence electrons. The van der Waals surface area contributed by atoms with E-state index in [4.69, 9.17) is 0 Å². The molecule has 0 saturated heterocycles. The first-order chi connectivity index (χ1) is 8.74. The Hall–Kier alpha value is -0.870. The fraction of sp³-hybridized carbons (Fsp3) is 0.533. The summed E-state index contributed by atoms with van der Waals surface area (Å²) in [5.41, 5.74) is 0.118. The Kier molecular flexibility index (Phi) is 5.56. The minimum atomic E-state index is -0.870. The van der Waals surface area contributed by atoms with Gasteiger partial charge in [0.25, 0.3) is 0 Å². The molecule has 0 aromatic heterocycles. The summed E-state index contributed by atoms with van der Waals surface area (Å²) in [6, 6.07) is 7.77. The van der Waals surface area contributed by atoms with Gasteiger partial charge in [-0.3, -0.25) is 4.79 Å². The van der Waals surface area contributed by atoms with Crippen molar-refractivity contribution in [3.05, 3.63) is 34.3 Å². The standard InChI is InChI=1S/C15H22BrNO2/c1-5-17(10-15(3,4)19)14(18)11(2)12-6-8-13(16)9-7-12/h6-9,11,19H,5,10H2,1-4H3. The molecule has 1 amide bonds. The molecular weight excluding hydrogens is 306 g/mol. The molecule has 1 aromatic rings. The van der Waals surface area contributed by atoms with E-state index in [-0.39, 0.29) is 11.8 Å². The molecule has 0 aliphatic rings. The molecule has 1 N–H and O–H groups in total. The smallest absolute Gasteiger partial charge is 0.229 e. The number of rotatable bonds is 5. The average Bonchev–Trinajstić information content (AvgIpc) is 2.34. The number of carbonyl (C=O) groups excluding carboxylic acids is 1. The second kappa shape index (κ2) is 6.53. The average molecular weight is 328 g/mol. The van der Waals surface area contributed by atoms with E-state index < -0.39 is 5.60 Å². The quantitative estimate of drug-likeness (QED) is 0.902. The summed E-state index contributed by atoms with van der Waals surface area (Å²) in [4.78, 5) is 14.1. The van der Waals surface area contributed by atoms with E-state index in [1.54, 1.807) is 18.7 Å². The van der Waals surface area contributed by atoms with Crippen LogP contribution in [0.15, 0.2) is 28.7 Å². The summed E-state index contributed by atoms with van der Waals surface area (Å²) >= 11 is 3.39. The van der Waals surface area contributed by atoms with Gasteiger partial charge in [0.05, 0.1) is 11.5 Å². The highest BCUT2D eigenvalue weighted by atomic mass is 79.9. The molecule has 0 aliphatic heterocycles. The number of benzene rings is 1. The van der Waals surface area contributed by atoms with Crippen molar-refractivity contribution in [2.45, 2.75) is 39.2 Å². The largest absolute Gasteiger partial charge is 0.389 e. The minimum Gasteiger partial charge on any atom is -0.389 e. The summed E-state index contributed by atoms with van der Waals surface area (Å²) in [6.07, 6.45) is 0. The predicted molar refractivity (Wildman–Crippen MR) is 81.1 cm³/mol. The van der Waals surface area contributed by atoms with Crippen LogP contribution in [0.25, 0.3) is 0 Å². The third-order valence-electron chi connectivity index (χ3n) is 3.01. The lowest BCUT2D eigenvalue weighted by molar-refractivity contribution is -0.135. The van der Waals surface area contributed by atoms with Gasteiger partial charge in [-0.15, -0.1) is 0 Å². The van der Waals surface area contributed by atoms with Crippen molar-refractivity contribution in [3.63, 3.8) is 0 Å². The molecule has 0 saturated carbocycles. The Morgan fingerprint density at radius 1 is 1.37 bits per heavy atom. The molecular formula is C15H22BrNO2. The molecule has 0 spiro atoms. The van der Waals surface area contributed by atoms with Crippen LogP contribution in [0.3, 0.4) is 0 Å². The summed E-state index contributed by atoms with van der Waals surface area (Å²) in [6.45, 7) is 8.21. The maximum Gasteiger partial charge on any atom is 0.229 e. The zero-order valence-corrected chi connectivity index (χ0v) is 13.6. The fourth-order valence-corrected chi connectivity index (χ4v) is 2.24. The number of aliphatic hydroxyl groups is 1. The first-order valence-corrected chi connectivity index (χ1v) is 7.30. The van der Waals surface area contributed by atoms with Crippen LogP contribution in [-0.4, -0.2) is 34.6 Å². The molecule has 1 aromatic carbocycles. The predicted octanol–water partition coefficient (Wildman–Crippen LogP) is 3.17. The van der Waals surface area contributed by atoms with Gasteiger partial charge in [-0.2, -0.15) is 0 Å². The lowest BCUT2D eigenvalue weighted by atomic mass is 9.99. The molecule has 0 heterocycles. The van der Waals surface area contributed by atoms with Crippen molar-refractivity contribution in [3.8, 4) is 0 Å². The van der Waals surface area contributed by atoms with Crippen LogP contribution in [-0.2, 0) is 4.79 Å². The van der Waals surface area contributed by atoms with Gasteiger partial charge in [0.1, 0.15) is 0 Å². The molecule has 0 radical (unpaired) electrons. The number of hydrogen-bond acceptors (Lipinski definition) is 2. The second-order valence-electron chi connectivity index (χ2n) is 5.44.